The van der Waals surface area contributed by atoms with Crippen LogP contribution in [0.4, 0.5) is 0 Å². The summed E-state index contributed by atoms with van der Waals surface area (Å²) in [6, 6.07) is 31.7. The summed E-state index contributed by atoms with van der Waals surface area (Å²) in [6.45, 7) is 14.1. The first kappa shape index (κ1) is 41.4. The Labute approximate surface area is 319 Å². The van der Waals surface area contributed by atoms with Crippen LogP contribution >= 0.6 is 0 Å². The Kier molecular flexibility index (Phi) is 18.1. The molecule has 0 spiro atoms. The molecule has 0 aliphatic rings. The summed E-state index contributed by atoms with van der Waals surface area (Å²) in [6.07, 6.45) is 21.8. The van der Waals surface area contributed by atoms with Crippen molar-refractivity contribution < 1.29 is 5.11 Å². The van der Waals surface area contributed by atoms with Crippen LogP contribution in [-0.4, -0.2) is 5.11 Å². The predicted octanol–water partition coefficient (Wildman–Crippen LogP) is 14.8. The molecule has 0 saturated carbocycles. The molecule has 0 aliphatic carbocycles. The van der Waals surface area contributed by atoms with Crippen LogP contribution in [0.15, 0.2) is 84.9 Å². The molecule has 0 bridgehead atoms. The molecule has 0 amide bonds. The first-order chi connectivity index (χ1) is 25.4. The topological polar surface area (TPSA) is 20.2 Å². The average molecular weight is 701 g/mol. The van der Waals surface area contributed by atoms with Crippen molar-refractivity contribution in [1.82, 2.24) is 0 Å². The third-order valence-corrected chi connectivity index (χ3v) is 11.6. The summed E-state index contributed by atoms with van der Waals surface area (Å²) in [4.78, 5) is 0. The first-order valence-electron chi connectivity index (χ1n) is 21.4. The van der Waals surface area contributed by atoms with Crippen molar-refractivity contribution in [3.8, 4) is 5.75 Å². The Bertz CT molecular complexity index is 1600. The maximum Gasteiger partial charge on any atom is 0.119 e. The van der Waals surface area contributed by atoms with Gasteiger partial charge in [0.15, 0.2) is 0 Å². The average Bonchev–Trinajstić information content (AvgIpc) is 3.15. The molecule has 4 rings (SSSR count). The largest absolute Gasteiger partial charge is 0.508 e. The zero-order valence-corrected chi connectivity index (χ0v) is 34.0. The molecule has 0 aliphatic heterocycles. The van der Waals surface area contributed by atoms with Crippen molar-refractivity contribution in [3.05, 3.63) is 135 Å². The predicted molar refractivity (Wildman–Crippen MR) is 227 cm³/mol. The van der Waals surface area contributed by atoms with Gasteiger partial charge in [-0.2, -0.15) is 0 Å². The SMILES string of the molecule is CCCCCCc1ccccc1CC(C)c1ccc(O)c(C(C)Cc2ccccc2CCCCCC)c1C(C)Cc1ccccc1CCCCCC. The molecule has 1 nitrogen and oxygen atoms in total. The highest BCUT2D eigenvalue weighted by Crippen LogP contribution is 2.42. The van der Waals surface area contributed by atoms with Crippen LogP contribution in [0, 0.1) is 0 Å². The van der Waals surface area contributed by atoms with Crippen LogP contribution in [0.25, 0.3) is 0 Å². The van der Waals surface area contributed by atoms with Crippen molar-refractivity contribution in [1.29, 1.82) is 0 Å². The third kappa shape index (κ3) is 12.4. The monoisotopic (exact) mass is 701 g/mol. The van der Waals surface area contributed by atoms with Gasteiger partial charge in [-0.15, -0.1) is 0 Å². The van der Waals surface area contributed by atoms with E-state index in [0.717, 1.165) is 38.5 Å². The maximum atomic E-state index is 11.8. The summed E-state index contributed by atoms with van der Waals surface area (Å²) in [5, 5.41) is 11.8. The second-order valence-electron chi connectivity index (χ2n) is 16.1. The van der Waals surface area contributed by atoms with E-state index in [9.17, 15) is 5.11 Å². The van der Waals surface area contributed by atoms with Crippen LogP contribution < -0.4 is 0 Å². The number of phenolic OH excluding ortho intramolecular Hbond substituents is 1. The number of rotatable bonds is 24. The Morgan fingerprint density at radius 1 is 0.385 bits per heavy atom. The van der Waals surface area contributed by atoms with Gasteiger partial charge in [-0.05, 0) is 126 Å². The molecule has 0 heterocycles. The van der Waals surface area contributed by atoms with E-state index in [4.69, 9.17) is 0 Å². The van der Waals surface area contributed by atoms with Gasteiger partial charge in [0.1, 0.15) is 5.75 Å². The minimum atomic E-state index is 0.205. The third-order valence-electron chi connectivity index (χ3n) is 11.6. The van der Waals surface area contributed by atoms with E-state index >= 15 is 0 Å². The standard InChI is InChI=1S/C51H72O/c1-7-10-13-16-25-42-28-19-22-31-45(42)36-39(4)48-34-35-49(52)51(41(6)38-47-33-24-21-30-44(47)27-18-15-12-9-3)50(48)40(5)37-46-32-23-20-29-43(46)26-17-14-11-8-2/h19-24,28-35,39-41,52H,7-18,25-27,36-38H2,1-6H3. The van der Waals surface area contributed by atoms with E-state index in [1.165, 1.54) is 127 Å². The van der Waals surface area contributed by atoms with Crippen LogP contribution in [0.5, 0.6) is 5.75 Å². The van der Waals surface area contributed by atoms with Crippen molar-refractivity contribution in [3.63, 3.8) is 0 Å². The molecule has 1 N–H and O–H groups in total. The van der Waals surface area contributed by atoms with Crippen molar-refractivity contribution >= 4 is 0 Å². The molecule has 0 radical (unpaired) electrons. The summed E-state index contributed by atoms with van der Waals surface area (Å²) < 4.78 is 0. The lowest BCUT2D eigenvalue weighted by Crippen LogP contribution is -2.14. The molecule has 3 unspecified atom stereocenters. The molecule has 0 saturated heterocycles. The van der Waals surface area contributed by atoms with Gasteiger partial charge in [0, 0.05) is 5.56 Å². The Balaban J connectivity index is 1.70. The highest BCUT2D eigenvalue weighted by atomic mass is 16.3. The van der Waals surface area contributed by atoms with E-state index in [0.29, 0.717) is 11.7 Å². The molecular weight excluding hydrogens is 629 g/mol. The van der Waals surface area contributed by atoms with Gasteiger partial charge in [-0.3, -0.25) is 0 Å². The van der Waals surface area contributed by atoms with Crippen LogP contribution in [0.3, 0.4) is 0 Å². The van der Waals surface area contributed by atoms with E-state index in [1.807, 2.05) is 6.07 Å². The Morgan fingerprint density at radius 2 is 0.731 bits per heavy atom. The lowest BCUT2D eigenvalue weighted by Gasteiger charge is -2.29. The van der Waals surface area contributed by atoms with Crippen molar-refractivity contribution in [2.45, 2.75) is 175 Å². The lowest BCUT2D eigenvalue weighted by molar-refractivity contribution is 0.458. The highest BCUT2D eigenvalue weighted by molar-refractivity contribution is 5.51. The lowest BCUT2D eigenvalue weighted by atomic mass is 9.76. The van der Waals surface area contributed by atoms with Crippen molar-refractivity contribution in [2.24, 2.45) is 0 Å². The Morgan fingerprint density at radius 3 is 1.12 bits per heavy atom. The van der Waals surface area contributed by atoms with Gasteiger partial charge in [-0.25, -0.2) is 0 Å². The number of hydrogen-bond acceptors (Lipinski definition) is 1. The molecule has 0 fully saturated rings. The fourth-order valence-corrected chi connectivity index (χ4v) is 8.67. The normalized spacial score (nSPS) is 13.3. The summed E-state index contributed by atoms with van der Waals surface area (Å²) in [5.41, 5.74) is 12.9. The van der Waals surface area contributed by atoms with Crippen molar-refractivity contribution in [2.75, 3.05) is 0 Å². The molecule has 1 heteroatoms. The van der Waals surface area contributed by atoms with Crippen LogP contribution in [0.1, 0.15) is 186 Å². The zero-order chi connectivity index (χ0) is 37.1. The minimum absolute atomic E-state index is 0.205. The van der Waals surface area contributed by atoms with Gasteiger partial charge in [-0.1, -0.05) is 178 Å². The summed E-state index contributed by atoms with van der Waals surface area (Å²) in [5.74, 6) is 1.30. The second-order valence-corrected chi connectivity index (χ2v) is 16.1. The maximum absolute atomic E-state index is 11.8. The second kappa shape index (κ2) is 22.7. The fraction of sp³-hybridized carbons (Fsp3) is 0.529. The molecule has 282 valence electrons. The first-order valence-corrected chi connectivity index (χ1v) is 21.4. The molecule has 4 aromatic rings. The smallest absolute Gasteiger partial charge is 0.119 e. The number of phenols is 1. The van der Waals surface area contributed by atoms with E-state index in [1.54, 1.807) is 0 Å². The molecule has 4 aromatic carbocycles. The van der Waals surface area contributed by atoms with Crippen LogP contribution in [0.2, 0.25) is 0 Å². The number of benzene rings is 4. The van der Waals surface area contributed by atoms with Gasteiger partial charge in [0.2, 0.25) is 0 Å². The number of aryl methyl sites for hydroxylation is 3. The summed E-state index contributed by atoms with van der Waals surface area (Å²) in [7, 11) is 0. The van der Waals surface area contributed by atoms with Gasteiger partial charge < -0.3 is 5.11 Å². The fourth-order valence-electron chi connectivity index (χ4n) is 8.67. The van der Waals surface area contributed by atoms with Gasteiger partial charge in [0.05, 0.1) is 0 Å². The summed E-state index contributed by atoms with van der Waals surface area (Å²) >= 11 is 0. The molecule has 0 aromatic heterocycles. The zero-order valence-electron chi connectivity index (χ0n) is 34.0. The van der Waals surface area contributed by atoms with E-state index < -0.39 is 0 Å². The highest BCUT2D eigenvalue weighted by Gasteiger charge is 2.26. The van der Waals surface area contributed by atoms with Gasteiger partial charge in [0.25, 0.3) is 0 Å². The molecule has 52 heavy (non-hydrogen) atoms. The van der Waals surface area contributed by atoms with E-state index in [-0.39, 0.29) is 11.8 Å². The van der Waals surface area contributed by atoms with Gasteiger partial charge >= 0.3 is 0 Å². The molecular formula is C51H72O. The number of hydrogen-bond donors (Lipinski definition) is 1. The molecule has 3 atom stereocenters. The minimum Gasteiger partial charge on any atom is -0.508 e. The Hall–Kier alpha value is -3.32. The van der Waals surface area contributed by atoms with Crippen LogP contribution in [-0.2, 0) is 38.5 Å². The van der Waals surface area contributed by atoms with E-state index in [2.05, 4.69) is 120 Å². The number of aromatic hydroxyl groups is 1. The quantitative estimate of drug-likeness (QED) is 0.0722. The number of unbranched alkanes of at least 4 members (excludes halogenated alkanes) is 9.